The van der Waals surface area contributed by atoms with Crippen molar-refractivity contribution in [2.75, 3.05) is 0 Å². The summed E-state index contributed by atoms with van der Waals surface area (Å²) in [7, 11) is -2.92. The molecule has 5 nitrogen and oxygen atoms in total. The second-order valence-electron chi connectivity index (χ2n) is 0.385. The molecule has 0 saturated carbocycles. The van der Waals surface area contributed by atoms with Crippen molar-refractivity contribution < 1.29 is 23.0 Å². The summed E-state index contributed by atoms with van der Waals surface area (Å²) in [6, 6.07) is 0. The average Bonchev–Trinajstić information content (AvgIpc) is 1.33. The molecule has 40 valence electrons. The molecule has 0 N–H and O–H groups in total. The van der Waals surface area contributed by atoms with Crippen LogP contribution in [-0.4, -0.2) is 98.3 Å². The van der Waals surface area contributed by atoms with Crippen LogP contribution in [0.2, 0.25) is 0 Å². The minimum atomic E-state index is -2.92. The molecule has 0 radical (unpaired) electrons. The zero-order valence-corrected chi connectivity index (χ0v) is 10.2. The molecule has 0 aromatic rings. The topological polar surface area (TPSA) is 109 Å². The Morgan fingerprint density at radius 2 is 1.11 bits per heavy atom. The Hall–Kier alpha value is 2.60. The van der Waals surface area contributed by atoms with Gasteiger partial charge < -0.3 is 15.1 Å². The van der Waals surface area contributed by atoms with Crippen LogP contribution in [0.1, 0.15) is 0 Å². The number of rotatable bonds is 0. The van der Waals surface area contributed by atoms with Crippen molar-refractivity contribution in [2.24, 2.45) is 0 Å². The van der Waals surface area contributed by atoms with Gasteiger partial charge in [-0.2, -0.15) is 0 Å². The second-order valence-corrected chi connectivity index (χ2v) is 0.577. The summed E-state index contributed by atoms with van der Waals surface area (Å²) >= 11 is -1.75. The standard InChI is InChI=1S/Al.BO3.2Ca.2O/c;2-1(3)4;;;;/q;-3;2*+2;;-1. The maximum atomic E-state index is 8.46. The Morgan fingerprint density at radius 3 is 1.11 bits per heavy atom. The molecule has 0 heterocycles. The molecular weight excluding hydrogens is 198 g/mol. The van der Waals surface area contributed by atoms with Gasteiger partial charge in [0, 0.05) is 0 Å². The Balaban J connectivity index is -0.0000000233. The summed E-state index contributed by atoms with van der Waals surface area (Å²) in [5.41, 5.74) is 0. The van der Waals surface area contributed by atoms with Crippen LogP contribution in [0.4, 0.5) is 0 Å². The fraction of sp³-hybridized carbons (Fsp3) is 0. The van der Waals surface area contributed by atoms with Crippen LogP contribution in [-0.2, 0) is 3.80 Å². The van der Waals surface area contributed by atoms with Crippen LogP contribution >= 0.6 is 0 Å². The van der Waals surface area contributed by atoms with E-state index in [4.69, 9.17) is 23.0 Å². The average molecular weight is 198 g/mol. The van der Waals surface area contributed by atoms with Crippen LogP contribution in [0.5, 0.6) is 0 Å². The Morgan fingerprint density at radius 1 is 1.11 bits per heavy atom. The first-order valence-corrected chi connectivity index (χ1v) is 2.12. The summed E-state index contributed by atoms with van der Waals surface area (Å²) in [6.45, 7) is 0. The Kier molecular flexibility index (Phi) is 56.2. The first-order chi connectivity index (χ1) is 3.15. The monoisotopic (exact) mass is 198 g/mol. The van der Waals surface area contributed by atoms with Gasteiger partial charge in [-0.25, -0.2) is 0 Å². The molecule has 0 unspecified atom stereocenters. The van der Waals surface area contributed by atoms with Crippen molar-refractivity contribution in [2.45, 2.75) is 0 Å². The van der Waals surface area contributed by atoms with Crippen LogP contribution in [0.25, 0.3) is 0 Å². The van der Waals surface area contributed by atoms with E-state index in [1.165, 1.54) is 0 Å². The van der Waals surface area contributed by atoms with E-state index < -0.39 is 22.8 Å². The van der Waals surface area contributed by atoms with Gasteiger partial charge in [0.1, 0.15) is 0 Å². The van der Waals surface area contributed by atoms with Crippen LogP contribution < -0.4 is 19.2 Å². The van der Waals surface area contributed by atoms with Gasteiger partial charge in [-0.05, 0) is 0 Å². The zero-order valence-electron chi connectivity index (χ0n) is 4.61. The van der Waals surface area contributed by atoms with Crippen LogP contribution in [0, 0.1) is 0 Å². The van der Waals surface area contributed by atoms with Crippen molar-refractivity contribution in [3.8, 4) is 0 Å². The van der Waals surface area contributed by atoms with Gasteiger partial charge in [-0.15, -0.1) is 0 Å². The quantitative estimate of drug-likeness (QED) is 0.359. The van der Waals surface area contributed by atoms with Gasteiger partial charge in [0.2, 0.25) is 0 Å². The fourth-order valence-corrected chi connectivity index (χ4v) is 0. The molecule has 0 spiro atoms. The van der Waals surface area contributed by atoms with E-state index in [0.717, 1.165) is 0 Å². The van der Waals surface area contributed by atoms with Gasteiger partial charge in [-0.1, -0.05) is 0 Å². The molecule has 0 aliphatic heterocycles. The Labute approximate surface area is 119 Å². The van der Waals surface area contributed by atoms with Crippen molar-refractivity contribution in [3.63, 3.8) is 0 Å². The summed E-state index contributed by atoms with van der Waals surface area (Å²) in [6.07, 6.45) is 0. The first-order valence-electron chi connectivity index (χ1n) is 1.18. The van der Waals surface area contributed by atoms with Crippen LogP contribution in [0.3, 0.4) is 0 Å². The van der Waals surface area contributed by atoms with Gasteiger partial charge in [0.15, 0.2) is 0 Å². The molecular formula is AlBCa2O5. The molecule has 0 saturated heterocycles. The predicted molar refractivity (Wildman–Crippen MR) is 23.7 cm³/mol. The van der Waals surface area contributed by atoms with E-state index in [1.54, 1.807) is 0 Å². The molecule has 0 fully saturated rings. The normalized spacial score (nSPS) is 3.89. The minimum absolute atomic E-state index is 0. The zero-order chi connectivity index (χ0) is 6.28. The van der Waals surface area contributed by atoms with E-state index >= 15 is 0 Å². The number of hydrogen-bond acceptors (Lipinski definition) is 5. The molecule has 0 atom stereocenters. The van der Waals surface area contributed by atoms with E-state index in [2.05, 4.69) is 0 Å². The molecule has 9 heteroatoms. The summed E-state index contributed by atoms with van der Waals surface area (Å²) in [5.74, 6) is 0. The van der Waals surface area contributed by atoms with Gasteiger partial charge in [0.25, 0.3) is 0 Å². The second kappa shape index (κ2) is 22.4. The van der Waals surface area contributed by atoms with Crippen molar-refractivity contribution in [1.29, 1.82) is 0 Å². The summed E-state index contributed by atoms with van der Waals surface area (Å²) in [4.78, 5) is 0. The van der Waals surface area contributed by atoms with Crippen molar-refractivity contribution >= 4 is 98.3 Å². The van der Waals surface area contributed by atoms with E-state index in [-0.39, 0.29) is 75.5 Å². The molecule has 0 aliphatic carbocycles. The Bertz CT molecular complexity index is 39.2. The summed E-state index contributed by atoms with van der Waals surface area (Å²) < 4.78 is 16.9. The fourth-order valence-electron chi connectivity index (χ4n) is 0. The van der Waals surface area contributed by atoms with Crippen LogP contribution in [0.15, 0.2) is 0 Å². The maximum absolute atomic E-state index is 8.46. The predicted octanol–water partition coefficient (Wildman–Crippen LogP) is -6.40. The molecule has 0 rings (SSSR count). The van der Waals surface area contributed by atoms with Gasteiger partial charge >= 0.3 is 98.9 Å². The van der Waals surface area contributed by atoms with Gasteiger partial charge in [0.05, 0.1) is 0 Å². The molecule has 0 aliphatic rings. The van der Waals surface area contributed by atoms with Crippen molar-refractivity contribution in [3.05, 3.63) is 0 Å². The molecule has 0 bridgehead atoms. The van der Waals surface area contributed by atoms with Gasteiger partial charge in [-0.3, -0.25) is 7.32 Å². The third-order valence-electron chi connectivity index (χ3n) is 0. The third-order valence-corrected chi connectivity index (χ3v) is 0. The SMILES string of the molecule is [Ca+2].[Ca+2].[O-]B([O-])[O-].[O]=[Al][O-]. The van der Waals surface area contributed by atoms with E-state index in [0.29, 0.717) is 0 Å². The number of hydrogen-bond donors (Lipinski definition) is 0. The summed E-state index contributed by atoms with van der Waals surface area (Å²) in [5, 5.41) is 25.2. The molecule has 9 heavy (non-hydrogen) atoms. The van der Waals surface area contributed by atoms with Crippen molar-refractivity contribution in [1.82, 2.24) is 0 Å². The molecule has 0 aromatic carbocycles. The third kappa shape index (κ3) is 116. The first kappa shape index (κ1) is 22.6. The molecule has 0 amide bonds. The molecule has 0 aromatic heterocycles. The van der Waals surface area contributed by atoms with E-state index in [1.807, 2.05) is 0 Å². The van der Waals surface area contributed by atoms with E-state index in [9.17, 15) is 0 Å².